The van der Waals surface area contributed by atoms with E-state index in [-0.39, 0.29) is 5.97 Å². The fourth-order valence-corrected chi connectivity index (χ4v) is 10.4. The summed E-state index contributed by atoms with van der Waals surface area (Å²) in [7, 11) is 0. The minimum atomic E-state index is -3.69. The number of hydrogen-bond donors (Lipinski definition) is 0. The number of hydrogen-bond acceptors (Lipinski definition) is 2. The molecule has 3 rings (SSSR count). The van der Waals surface area contributed by atoms with Gasteiger partial charge in [-0.1, -0.05) is 0 Å². The molecular weight excluding hydrogens is 483 g/mol. The van der Waals surface area contributed by atoms with Gasteiger partial charge in [0.25, 0.3) is 0 Å². The van der Waals surface area contributed by atoms with Gasteiger partial charge < -0.3 is 0 Å². The minimum absolute atomic E-state index is 0.282. The summed E-state index contributed by atoms with van der Waals surface area (Å²) in [6.07, 6.45) is 13.7. The molecule has 0 saturated heterocycles. The monoisotopic (exact) mass is 524 g/mol. The van der Waals surface area contributed by atoms with Gasteiger partial charge in [0.2, 0.25) is 0 Å². The van der Waals surface area contributed by atoms with Gasteiger partial charge in [0, 0.05) is 0 Å². The number of carbonyl (C=O) groups is 1. The fraction of sp³-hybridized carbons (Fsp3) is 0.229. The maximum atomic E-state index is 13.0. The van der Waals surface area contributed by atoms with Crippen LogP contribution in [0.2, 0.25) is 0 Å². The van der Waals surface area contributed by atoms with E-state index in [4.69, 9.17) is 4.52 Å². The van der Waals surface area contributed by atoms with Crippen molar-refractivity contribution in [1.29, 1.82) is 0 Å². The first kappa shape index (κ1) is 29.1. The molecular formula is C35H41O2P. The molecule has 0 aliphatic carbocycles. The van der Waals surface area contributed by atoms with Gasteiger partial charge in [-0.05, 0) is 0 Å². The van der Waals surface area contributed by atoms with Crippen LogP contribution in [0.1, 0.15) is 47.5 Å². The van der Waals surface area contributed by atoms with Crippen LogP contribution in [0.5, 0.6) is 0 Å². The molecule has 3 aromatic rings. The SMILES string of the molecule is CC(=O)OP(CC=C(C)C=CC=C(C)CCC=C(C)C)(c1ccccc1)(c1ccccc1)c1ccccc1. The molecule has 2 nitrogen and oxygen atoms in total. The van der Waals surface area contributed by atoms with E-state index in [1.54, 1.807) is 0 Å². The summed E-state index contributed by atoms with van der Waals surface area (Å²) in [4.78, 5) is 13.0. The van der Waals surface area contributed by atoms with Gasteiger partial charge in [-0.15, -0.1) is 0 Å². The summed E-state index contributed by atoms with van der Waals surface area (Å²) in [5.74, 6) is -0.282. The fourth-order valence-electron chi connectivity index (χ4n) is 4.89. The Labute approximate surface area is 229 Å². The number of rotatable bonds is 11. The Morgan fingerprint density at radius 1 is 0.711 bits per heavy atom. The number of carbonyl (C=O) groups excluding carboxylic acids is 1. The van der Waals surface area contributed by atoms with E-state index in [1.165, 1.54) is 18.1 Å². The predicted octanol–water partition coefficient (Wildman–Crippen LogP) is 8.19. The first-order chi connectivity index (χ1) is 18.3. The second-order valence-electron chi connectivity index (χ2n) is 10.1. The molecule has 0 N–H and O–H groups in total. The quantitative estimate of drug-likeness (QED) is 0.144. The number of allylic oxidation sites excluding steroid dienone is 8. The van der Waals surface area contributed by atoms with Crippen molar-refractivity contribution in [3.05, 3.63) is 138 Å². The zero-order valence-electron chi connectivity index (χ0n) is 23.4. The van der Waals surface area contributed by atoms with E-state index >= 15 is 0 Å². The Morgan fingerprint density at radius 3 is 1.61 bits per heavy atom. The summed E-state index contributed by atoms with van der Waals surface area (Å²) in [6, 6.07) is 30.9. The van der Waals surface area contributed by atoms with Crippen LogP contribution in [-0.2, 0) is 9.32 Å². The zero-order valence-corrected chi connectivity index (χ0v) is 24.3. The summed E-state index contributed by atoms with van der Waals surface area (Å²) in [6.45, 7) is 6.40. The van der Waals surface area contributed by atoms with Crippen LogP contribution in [0.25, 0.3) is 0 Å². The molecule has 3 aromatic carbocycles. The van der Waals surface area contributed by atoms with E-state index in [9.17, 15) is 4.79 Å². The summed E-state index contributed by atoms with van der Waals surface area (Å²) in [5.41, 5.74) is 3.84. The Kier molecular flexibility index (Phi) is 10.2. The van der Waals surface area contributed by atoms with Crippen molar-refractivity contribution in [2.75, 3.05) is 6.16 Å². The standard InChI is InChI=1S/C35H41O2P/c1-29(2)17-15-18-30(3)19-16-20-31(4)27-28-38(37-32(5)36,33-21-9-6-10-22-33,34-23-11-7-12-24-34)35-25-13-8-14-26-35/h6-14,16-17,19-27H,15,18,28H2,1-5H3. The van der Waals surface area contributed by atoms with Crippen molar-refractivity contribution in [2.45, 2.75) is 47.5 Å². The Hall–Kier alpha value is -3.48. The Balaban J connectivity index is 2.16. The summed E-state index contributed by atoms with van der Waals surface area (Å²) in [5, 5.41) is 3.11. The Bertz CT molecular complexity index is 1210. The van der Waals surface area contributed by atoms with Crippen LogP contribution < -0.4 is 15.9 Å². The average Bonchev–Trinajstić information content (AvgIpc) is 2.92. The van der Waals surface area contributed by atoms with Gasteiger partial charge in [-0.25, -0.2) is 0 Å². The maximum absolute atomic E-state index is 13.0. The van der Waals surface area contributed by atoms with Crippen molar-refractivity contribution in [2.24, 2.45) is 0 Å². The van der Waals surface area contributed by atoms with Crippen LogP contribution in [-0.4, -0.2) is 12.1 Å². The van der Waals surface area contributed by atoms with Crippen molar-refractivity contribution in [3.8, 4) is 0 Å². The molecule has 0 aromatic heterocycles. The number of benzene rings is 3. The molecule has 0 spiro atoms. The second kappa shape index (κ2) is 13.4. The third kappa shape index (κ3) is 6.69. The average molecular weight is 525 g/mol. The molecule has 0 radical (unpaired) electrons. The molecule has 0 atom stereocenters. The van der Waals surface area contributed by atoms with E-state index in [2.05, 4.69) is 94.5 Å². The van der Waals surface area contributed by atoms with Gasteiger partial charge in [0.1, 0.15) is 0 Å². The normalized spacial score (nSPS) is 13.6. The predicted molar refractivity (Wildman–Crippen MR) is 167 cm³/mol. The van der Waals surface area contributed by atoms with E-state index < -0.39 is 6.83 Å². The second-order valence-corrected chi connectivity index (χ2v) is 14.6. The molecule has 0 unspecified atom stereocenters. The van der Waals surface area contributed by atoms with Crippen LogP contribution in [0, 0.1) is 0 Å². The molecule has 38 heavy (non-hydrogen) atoms. The van der Waals surface area contributed by atoms with Crippen molar-refractivity contribution in [3.63, 3.8) is 0 Å². The first-order valence-electron chi connectivity index (χ1n) is 13.3. The van der Waals surface area contributed by atoms with Crippen LogP contribution >= 0.6 is 6.83 Å². The zero-order chi connectivity index (χ0) is 27.5. The molecule has 0 aliphatic heterocycles. The molecule has 0 saturated carbocycles. The Morgan fingerprint density at radius 2 is 1.18 bits per heavy atom. The summed E-state index contributed by atoms with van der Waals surface area (Å²) >= 11 is 0. The first-order valence-corrected chi connectivity index (χ1v) is 15.6. The van der Waals surface area contributed by atoms with Crippen LogP contribution in [0.4, 0.5) is 0 Å². The summed E-state index contributed by atoms with van der Waals surface area (Å²) < 4.78 is 6.75. The van der Waals surface area contributed by atoms with Crippen LogP contribution in [0.3, 0.4) is 0 Å². The van der Waals surface area contributed by atoms with Gasteiger partial charge in [-0.3, -0.25) is 0 Å². The van der Waals surface area contributed by atoms with Crippen molar-refractivity contribution >= 4 is 28.7 Å². The van der Waals surface area contributed by atoms with E-state index in [1.807, 2.05) is 54.6 Å². The molecule has 0 heterocycles. The van der Waals surface area contributed by atoms with Crippen LogP contribution in [0.15, 0.2) is 138 Å². The van der Waals surface area contributed by atoms with Crippen molar-refractivity contribution < 1.29 is 9.32 Å². The van der Waals surface area contributed by atoms with Crippen molar-refractivity contribution in [1.82, 2.24) is 0 Å². The molecule has 0 bridgehead atoms. The third-order valence-corrected chi connectivity index (χ3v) is 12.5. The van der Waals surface area contributed by atoms with E-state index in [0.717, 1.165) is 34.3 Å². The molecule has 0 aliphatic rings. The van der Waals surface area contributed by atoms with Gasteiger partial charge in [0.15, 0.2) is 0 Å². The molecule has 0 amide bonds. The molecule has 3 heteroatoms. The van der Waals surface area contributed by atoms with E-state index in [0.29, 0.717) is 6.16 Å². The van der Waals surface area contributed by atoms with Gasteiger partial charge in [-0.2, -0.15) is 0 Å². The molecule has 198 valence electrons. The molecule has 0 fully saturated rings. The topological polar surface area (TPSA) is 26.3 Å². The van der Waals surface area contributed by atoms with Gasteiger partial charge >= 0.3 is 230 Å². The van der Waals surface area contributed by atoms with Gasteiger partial charge in [0.05, 0.1) is 0 Å². The third-order valence-electron chi connectivity index (χ3n) is 6.83.